The van der Waals surface area contributed by atoms with Gasteiger partial charge in [-0.3, -0.25) is 5.32 Å². The molecule has 14 heavy (non-hydrogen) atoms. The van der Waals surface area contributed by atoms with Gasteiger partial charge in [0.1, 0.15) is 6.07 Å². The minimum atomic E-state index is 0.313. The molecule has 1 N–H and O–H groups in total. The summed E-state index contributed by atoms with van der Waals surface area (Å²) in [5.74, 6) is 0.313. The molecule has 0 aliphatic carbocycles. The number of hydrogen-bond donors (Lipinski definition) is 1. The molecular weight excluding hydrogens is 244 g/mol. The summed E-state index contributed by atoms with van der Waals surface area (Å²) in [5.41, 5.74) is 1.93. The molecule has 0 aliphatic heterocycles. The van der Waals surface area contributed by atoms with Gasteiger partial charge in [0, 0.05) is 4.47 Å². The third kappa shape index (κ3) is 1.68. The smallest absolute Gasteiger partial charge is 0.182 e. The standard InChI is InChI=1S/C9H7BrN4/c1-5-7(3-11)9(13-4-12)14-6(2)8(5)10/h1-2H3,(H,13,14). The quantitative estimate of drug-likeness (QED) is 0.613. The van der Waals surface area contributed by atoms with Crippen LogP contribution < -0.4 is 5.32 Å². The van der Waals surface area contributed by atoms with Crippen LogP contribution in [0.15, 0.2) is 4.47 Å². The Balaban J connectivity index is 3.47. The zero-order valence-corrected chi connectivity index (χ0v) is 9.31. The van der Waals surface area contributed by atoms with Gasteiger partial charge in [0.15, 0.2) is 12.0 Å². The first kappa shape index (κ1) is 10.5. The maximum absolute atomic E-state index is 8.88. The highest BCUT2D eigenvalue weighted by Crippen LogP contribution is 2.26. The molecule has 0 spiro atoms. The number of anilines is 1. The van der Waals surface area contributed by atoms with Crippen LogP contribution in [0.4, 0.5) is 5.82 Å². The monoisotopic (exact) mass is 250 g/mol. The van der Waals surface area contributed by atoms with Gasteiger partial charge in [0.2, 0.25) is 0 Å². The molecule has 0 saturated heterocycles. The molecule has 1 aromatic heterocycles. The van der Waals surface area contributed by atoms with Crippen molar-refractivity contribution in [3.8, 4) is 12.3 Å². The van der Waals surface area contributed by atoms with Crippen LogP contribution in [0, 0.1) is 36.6 Å². The predicted molar refractivity (Wildman–Crippen MR) is 55.4 cm³/mol. The van der Waals surface area contributed by atoms with Gasteiger partial charge in [0.05, 0.1) is 11.3 Å². The Bertz CT molecular complexity index is 453. The van der Waals surface area contributed by atoms with Gasteiger partial charge in [-0.15, -0.1) is 0 Å². The molecule has 70 valence electrons. The Kier molecular flexibility index (Phi) is 3.06. The number of halogens is 1. The van der Waals surface area contributed by atoms with E-state index in [1.165, 1.54) is 0 Å². The number of nitrogens with one attached hydrogen (secondary N) is 1. The first-order chi connectivity index (χ1) is 6.61. The second kappa shape index (κ2) is 4.08. The van der Waals surface area contributed by atoms with E-state index in [0.717, 1.165) is 15.7 Å². The summed E-state index contributed by atoms with van der Waals surface area (Å²) in [4.78, 5) is 4.09. The zero-order valence-electron chi connectivity index (χ0n) is 7.72. The van der Waals surface area contributed by atoms with Gasteiger partial charge in [-0.05, 0) is 35.3 Å². The van der Waals surface area contributed by atoms with Crippen LogP contribution >= 0.6 is 15.9 Å². The fraction of sp³-hybridized carbons (Fsp3) is 0.222. The molecule has 1 rings (SSSR count). The van der Waals surface area contributed by atoms with E-state index in [1.807, 2.05) is 6.07 Å². The number of nitrogens with zero attached hydrogens (tertiary/aromatic N) is 3. The van der Waals surface area contributed by atoms with E-state index in [9.17, 15) is 0 Å². The second-order valence-electron chi connectivity index (χ2n) is 2.71. The molecule has 0 atom stereocenters. The molecule has 0 unspecified atom stereocenters. The van der Waals surface area contributed by atoms with Crippen LogP contribution in [0.2, 0.25) is 0 Å². The summed E-state index contributed by atoms with van der Waals surface area (Å²) in [5, 5.41) is 19.7. The van der Waals surface area contributed by atoms with Crippen molar-refractivity contribution in [2.45, 2.75) is 13.8 Å². The zero-order chi connectivity index (χ0) is 10.7. The highest BCUT2D eigenvalue weighted by atomic mass is 79.9. The molecule has 0 amide bonds. The lowest BCUT2D eigenvalue weighted by molar-refractivity contribution is 1.14. The summed E-state index contributed by atoms with van der Waals surface area (Å²) >= 11 is 3.33. The molecule has 0 fully saturated rings. The lowest BCUT2D eigenvalue weighted by Crippen LogP contribution is -2.01. The van der Waals surface area contributed by atoms with Gasteiger partial charge in [0.25, 0.3) is 0 Å². The third-order valence-corrected chi connectivity index (χ3v) is 2.99. The highest BCUT2D eigenvalue weighted by Gasteiger charge is 2.12. The topological polar surface area (TPSA) is 72.5 Å². The number of aromatic nitrogens is 1. The minimum absolute atomic E-state index is 0.313. The largest absolute Gasteiger partial charge is 0.276 e. The maximum atomic E-state index is 8.88. The fourth-order valence-electron chi connectivity index (χ4n) is 1.11. The van der Waals surface area contributed by atoms with Crippen molar-refractivity contribution in [3.63, 3.8) is 0 Å². The lowest BCUT2D eigenvalue weighted by Gasteiger charge is -2.07. The van der Waals surface area contributed by atoms with Crippen molar-refractivity contribution < 1.29 is 0 Å². The number of pyridine rings is 1. The van der Waals surface area contributed by atoms with Crippen LogP contribution in [0.3, 0.4) is 0 Å². The molecule has 0 saturated carbocycles. The predicted octanol–water partition coefficient (Wildman–Crippen LogP) is 2.23. The molecule has 0 aromatic carbocycles. The van der Waals surface area contributed by atoms with E-state index in [0.29, 0.717) is 11.4 Å². The Morgan fingerprint density at radius 2 is 2.00 bits per heavy atom. The van der Waals surface area contributed by atoms with E-state index in [2.05, 4.69) is 26.2 Å². The average molecular weight is 251 g/mol. The van der Waals surface area contributed by atoms with Gasteiger partial charge < -0.3 is 0 Å². The normalized spacial score (nSPS) is 8.93. The molecule has 0 radical (unpaired) electrons. The van der Waals surface area contributed by atoms with E-state index < -0.39 is 0 Å². The Morgan fingerprint density at radius 3 is 2.50 bits per heavy atom. The first-order valence-electron chi connectivity index (χ1n) is 3.83. The highest BCUT2D eigenvalue weighted by molar-refractivity contribution is 9.10. The summed E-state index contributed by atoms with van der Waals surface area (Å²) in [6.45, 7) is 3.61. The van der Waals surface area contributed by atoms with Crippen molar-refractivity contribution in [1.82, 2.24) is 4.98 Å². The van der Waals surface area contributed by atoms with Crippen molar-refractivity contribution in [1.29, 1.82) is 10.5 Å². The Labute approximate surface area is 90.3 Å². The minimum Gasteiger partial charge on any atom is -0.276 e. The van der Waals surface area contributed by atoms with Gasteiger partial charge >= 0.3 is 0 Å². The van der Waals surface area contributed by atoms with Crippen molar-refractivity contribution in [3.05, 3.63) is 21.3 Å². The molecule has 0 aliphatic rings. The van der Waals surface area contributed by atoms with Crippen LogP contribution in [0.25, 0.3) is 0 Å². The first-order valence-corrected chi connectivity index (χ1v) is 4.63. The van der Waals surface area contributed by atoms with Gasteiger partial charge in [-0.25, -0.2) is 4.98 Å². The van der Waals surface area contributed by atoms with Crippen molar-refractivity contribution >= 4 is 21.7 Å². The lowest BCUT2D eigenvalue weighted by atomic mass is 10.1. The summed E-state index contributed by atoms with van der Waals surface area (Å²) in [6.07, 6.45) is 1.75. The molecule has 1 heterocycles. The maximum Gasteiger partial charge on any atom is 0.182 e. The Hall–Kier alpha value is -1.59. The van der Waals surface area contributed by atoms with Gasteiger partial charge in [-0.2, -0.15) is 10.5 Å². The van der Waals surface area contributed by atoms with Crippen LogP contribution in [0.1, 0.15) is 16.8 Å². The van der Waals surface area contributed by atoms with Crippen molar-refractivity contribution in [2.24, 2.45) is 0 Å². The third-order valence-electron chi connectivity index (χ3n) is 1.82. The molecule has 4 nitrogen and oxygen atoms in total. The van der Waals surface area contributed by atoms with E-state index in [4.69, 9.17) is 10.5 Å². The second-order valence-corrected chi connectivity index (χ2v) is 3.50. The average Bonchev–Trinajstić information content (AvgIpc) is 2.16. The van der Waals surface area contributed by atoms with Crippen LogP contribution in [0.5, 0.6) is 0 Å². The number of hydrogen-bond acceptors (Lipinski definition) is 4. The SMILES string of the molecule is Cc1nc(NC#N)c(C#N)c(C)c1Br. The summed E-state index contributed by atoms with van der Waals surface area (Å²) in [6, 6.07) is 2.01. The van der Waals surface area contributed by atoms with E-state index in [-0.39, 0.29) is 0 Å². The molecule has 0 bridgehead atoms. The molecule has 1 aromatic rings. The number of aryl methyl sites for hydroxylation is 1. The van der Waals surface area contributed by atoms with Crippen LogP contribution in [-0.4, -0.2) is 4.98 Å². The van der Waals surface area contributed by atoms with Crippen molar-refractivity contribution in [2.75, 3.05) is 5.32 Å². The molecule has 5 heteroatoms. The van der Waals surface area contributed by atoms with E-state index >= 15 is 0 Å². The summed E-state index contributed by atoms with van der Waals surface area (Å²) < 4.78 is 0.803. The number of rotatable bonds is 1. The van der Waals surface area contributed by atoms with E-state index in [1.54, 1.807) is 20.0 Å². The number of nitriles is 2. The van der Waals surface area contributed by atoms with Crippen LogP contribution in [-0.2, 0) is 0 Å². The van der Waals surface area contributed by atoms with Gasteiger partial charge in [-0.1, -0.05) is 0 Å². The fourth-order valence-corrected chi connectivity index (χ4v) is 1.40. The Morgan fingerprint density at radius 1 is 1.36 bits per heavy atom. The summed E-state index contributed by atoms with van der Waals surface area (Å²) in [7, 11) is 0. The molecular formula is C9H7BrN4.